The minimum absolute atomic E-state index is 0.0766. The van der Waals surface area contributed by atoms with E-state index < -0.39 is 0 Å². The zero-order valence-corrected chi connectivity index (χ0v) is 25.1. The minimum atomic E-state index is -0.380. The van der Waals surface area contributed by atoms with Crippen LogP contribution < -0.4 is 15.5 Å². The number of urea groups is 1. The van der Waals surface area contributed by atoms with Crippen LogP contribution in [0.15, 0.2) is 112 Å². The Morgan fingerprint density at radius 2 is 1.80 bits per heavy atom. The summed E-state index contributed by atoms with van der Waals surface area (Å²) in [6.07, 6.45) is 8.23. The van der Waals surface area contributed by atoms with Crippen molar-refractivity contribution in [2.75, 3.05) is 15.5 Å². The molecule has 1 aromatic heterocycles. The average Bonchev–Trinajstić information content (AvgIpc) is 3.44. The molecule has 2 aliphatic rings. The van der Waals surface area contributed by atoms with Crippen LogP contribution in [0.1, 0.15) is 6.92 Å². The number of carbonyl (C=O) groups excluding carboxylic acids is 2. The maximum atomic E-state index is 13.6. The van der Waals surface area contributed by atoms with E-state index >= 15 is 0 Å². The number of anilines is 3. The maximum absolute atomic E-state index is 13.6. The highest BCUT2D eigenvalue weighted by Gasteiger charge is 2.36. The molecule has 206 valence electrons. The van der Waals surface area contributed by atoms with E-state index in [9.17, 15) is 9.59 Å². The van der Waals surface area contributed by atoms with Crippen LogP contribution in [0, 0.1) is 0 Å². The molecular weight excluding hydrogens is 592 g/mol. The molecule has 2 heterocycles. The van der Waals surface area contributed by atoms with Gasteiger partial charge in [-0.25, -0.2) is 9.78 Å². The van der Waals surface area contributed by atoms with Gasteiger partial charge in [0.25, 0.3) is 0 Å². The lowest BCUT2D eigenvalue weighted by Gasteiger charge is -2.40. The van der Waals surface area contributed by atoms with Crippen molar-refractivity contribution in [1.29, 1.82) is 0 Å². The highest BCUT2D eigenvalue weighted by molar-refractivity contribution is 8.00. The van der Waals surface area contributed by atoms with Gasteiger partial charge in [-0.1, -0.05) is 66.2 Å². The van der Waals surface area contributed by atoms with Crippen LogP contribution in [0.25, 0.3) is 11.3 Å². The molecule has 1 aliphatic heterocycles. The van der Waals surface area contributed by atoms with Crippen LogP contribution in [-0.4, -0.2) is 33.5 Å². The zero-order chi connectivity index (χ0) is 28.3. The Bertz CT molecular complexity index is 1650. The molecular formula is C31H25ClN4O2S3. The molecule has 41 heavy (non-hydrogen) atoms. The predicted molar refractivity (Wildman–Crippen MR) is 173 cm³/mol. The van der Waals surface area contributed by atoms with E-state index in [0.29, 0.717) is 15.8 Å². The number of allylic oxidation sites excluding steroid dienone is 2. The average molecular weight is 617 g/mol. The van der Waals surface area contributed by atoms with Crippen molar-refractivity contribution in [3.8, 4) is 11.3 Å². The Hall–Kier alpha value is -3.50. The fraction of sp³-hybridized carbons (Fsp3) is 0.129. The van der Waals surface area contributed by atoms with Crippen LogP contribution in [0.3, 0.4) is 0 Å². The predicted octanol–water partition coefficient (Wildman–Crippen LogP) is 8.59. The summed E-state index contributed by atoms with van der Waals surface area (Å²) in [6.45, 7) is 1.85. The number of fused-ring (bicyclic) bond motifs is 2. The highest BCUT2D eigenvalue weighted by Crippen LogP contribution is 2.43. The molecule has 2 N–H and O–H groups in total. The SMILES string of the molecule is CC(Sc1cccc(NC(=O)N2c3ccccc3SC3C=CC=CC32)c1)C(=O)Nc1nc(-c2ccc(Cl)cc2)cs1. The van der Waals surface area contributed by atoms with Crippen molar-refractivity contribution < 1.29 is 9.59 Å². The van der Waals surface area contributed by atoms with Crippen LogP contribution in [0.5, 0.6) is 0 Å². The minimum Gasteiger partial charge on any atom is -0.307 e. The number of nitrogens with zero attached hydrogens (tertiary/aromatic N) is 2. The molecule has 3 atom stereocenters. The van der Waals surface area contributed by atoms with Gasteiger partial charge in [-0.15, -0.1) is 34.9 Å². The number of amides is 3. The standard InChI is InChI=1S/C31H25ClN4O2S3/c1-19(29(37)35-30-34-24(18-39-30)20-13-15-21(32)16-14-20)40-23-8-6-7-22(17-23)33-31(38)36-25-9-2-4-11-27(25)41-28-12-5-3-10-26(28)36/h2-19,25,27H,1H3,(H,33,38)(H,34,35,37). The van der Waals surface area contributed by atoms with Gasteiger partial charge in [-0.3, -0.25) is 9.69 Å². The Morgan fingerprint density at radius 1 is 1.00 bits per heavy atom. The molecule has 10 heteroatoms. The fourth-order valence-electron chi connectivity index (χ4n) is 4.60. The van der Waals surface area contributed by atoms with Crippen molar-refractivity contribution in [1.82, 2.24) is 4.98 Å². The van der Waals surface area contributed by atoms with Gasteiger partial charge in [0.05, 0.1) is 27.9 Å². The van der Waals surface area contributed by atoms with Gasteiger partial charge < -0.3 is 10.6 Å². The molecule has 6 rings (SSSR count). The number of thiazole rings is 1. The lowest BCUT2D eigenvalue weighted by molar-refractivity contribution is -0.115. The first-order valence-corrected chi connectivity index (χ1v) is 16.0. The van der Waals surface area contributed by atoms with Gasteiger partial charge in [0.1, 0.15) is 0 Å². The number of carbonyl (C=O) groups is 2. The van der Waals surface area contributed by atoms with Crippen LogP contribution in [0.2, 0.25) is 5.02 Å². The number of hydrogen-bond donors (Lipinski definition) is 2. The number of benzene rings is 3. The van der Waals surface area contributed by atoms with Gasteiger partial charge in [0.2, 0.25) is 5.91 Å². The Kier molecular flexibility index (Phi) is 8.20. The van der Waals surface area contributed by atoms with Gasteiger partial charge >= 0.3 is 6.03 Å². The third-order valence-corrected chi connectivity index (χ3v) is 10.0. The Labute approximate surface area is 255 Å². The highest BCUT2D eigenvalue weighted by atomic mass is 35.5. The maximum Gasteiger partial charge on any atom is 0.326 e. The van der Waals surface area contributed by atoms with Crippen molar-refractivity contribution in [3.63, 3.8) is 0 Å². The monoisotopic (exact) mass is 616 g/mol. The largest absolute Gasteiger partial charge is 0.326 e. The Balaban J connectivity index is 1.11. The smallest absolute Gasteiger partial charge is 0.307 e. The molecule has 1 aliphatic carbocycles. The van der Waals surface area contributed by atoms with E-state index in [4.69, 9.17) is 11.6 Å². The summed E-state index contributed by atoms with van der Waals surface area (Å²) in [5, 5.41) is 8.88. The summed E-state index contributed by atoms with van der Waals surface area (Å²) in [6, 6.07) is 22.7. The summed E-state index contributed by atoms with van der Waals surface area (Å²) in [4.78, 5) is 34.9. The third-order valence-electron chi connectivity index (χ3n) is 6.60. The van der Waals surface area contributed by atoms with Crippen molar-refractivity contribution in [2.24, 2.45) is 0 Å². The molecule has 0 fully saturated rings. The molecule has 0 bridgehead atoms. The topological polar surface area (TPSA) is 74.3 Å². The number of aromatic nitrogens is 1. The zero-order valence-electron chi connectivity index (χ0n) is 21.9. The molecule has 0 radical (unpaired) electrons. The summed E-state index contributed by atoms with van der Waals surface area (Å²) in [5.74, 6) is -0.146. The molecule has 0 saturated carbocycles. The summed E-state index contributed by atoms with van der Waals surface area (Å²) >= 11 is 10.6. The van der Waals surface area contributed by atoms with Crippen LogP contribution >= 0.6 is 46.5 Å². The number of thioether (sulfide) groups is 2. The second-order valence-corrected chi connectivity index (χ2v) is 13.4. The number of hydrogen-bond acceptors (Lipinski definition) is 6. The Morgan fingerprint density at radius 3 is 2.66 bits per heavy atom. The normalized spacial score (nSPS) is 17.9. The number of nitrogens with one attached hydrogen (secondary N) is 2. The number of para-hydroxylation sites is 1. The second kappa shape index (κ2) is 12.2. The van der Waals surface area contributed by atoms with Gasteiger partial charge in [0.15, 0.2) is 5.13 Å². The van der Waals surface area contributed by atoms with Crippen molar-refractivity contribution >= 4 is 74.9 Å². The number of rotatable bonds is 6. The van der Waals surface area contributed by atoms with E-state index in [1.54, 1.807) is 11.8 Å². The third kappa shape index (κ3) is 6.23. The second-order valence-electron chi connectivity index (χ2n) is 9.43. The van der Waals surface area contributed by atoms with Gasteiger partial charge in [0, 0.05) is 31.4 Å². The molecule has 4 aromatic rings. The van der Waals surface area contributed by atoms with E-state index in [1.165, 1.54) is 23.1 Å². The lowest BCUT2D eigenvalue weighted by atomic mass is 10.1. The van der Waals surface area contributed by atoms with E-state index in [2.05, 4.69) is 33.8 Å². The first-order valence-electron chi connectivity index (χ1n) is 12.9. The molecule has 3 unspecified atom stereocenters. The van der Waals surface area contributed by atoms with Crippen LogP contribution in [-0.2, 0) is 4.79 Å². The molecule has 0 spiro atoms. The van der Waals surface area contributed by atoms with Gasteiger partial charge in [-0.2, -0.15) is 0 Å². The molecule has 3 amide bonds. The molecule has 3 aromatic carbocycles. The fourth-order valence-corrected chi connectivity index (χ4v) is 7.64. The van der Waals surface area contributed by atoms with Gasteiger partial charge in [-0.05, 0) is 49.4 Å². The van der Waals surface area contributed by atoms with E-state index in [-0.39, 0.29) is 28.5 Å². The summed E-state index contributed by atoms with van der Waals surface area (Å²) in [7, 11) is 0. The van der Waals surface area contributed by atoms with E-state index in [1.807, 2.05) is 96.1 Å². The van der Waals surface area contributed by atoms with Crippen LogP contribution in [0.4, 0.5) is 21.3 Å². The molecule has 6 nitrogen and oxygen atoms in total. The lowest BCUT2D eigenvalue weighted by Crippen LogP contribution is -2.49. The first-order chi connectivity index (χ1) is 19.9. The van der Waals surface area contributed by atoms with Crippen molar-refractivity contribution in [3.05, 3.63) is 108 Å². The quantitative estimate of drug-likeness (QED) is 0.212. The summed E-state index contributed by atoms with van der Waals surface area (Å²) in [5.41, 5.74) is 3.29. The molecule has 0 saturated heterocycles. The van der Waals surface area contributed by atoms with Crippen molar-refractivity contribution in [2.45, 2.75) is 33.3 Å². The number of halogens is 1. The van der Waals surface area contributed by atoms with E-state index in [0.717, 1.165) is 26.7 Å². The first kappa shape index (κ1) is 27.7. The summed E-state index contributed by atoms with van der Waals surface area (Å²) < 4.78 is 0.